The summed E-state index contributed by atoms with van der Waals surface area (Å²) in [6, 6.07) is 8.09. The van der Waals surface area contributed by atoms with E-state index in [9.17, 15) is 4.79 Å². The maximum Gasteiger partial charge on any atom is 0.225 e. The lowest BCUT2D eigenvalue weighted by molar-refractivity contribution is -0.116. The van der Waals surface area contributed by atoms with Crippen LogP contribution in [0.25, 0.3) is 0 Å². The Morgan fingerprint density at radius 2 is 2.05 bits per heavy atom. The summed E-state index contributed by atoms with van der Waals surface area (Å²) < 4.78 is 0. The van der Waals surface area contributed by atoms with Crippen molar-refractivity contribution in [3.8, 4) is 0 Å². The Morgan fingerprint density at radius 3 is 2.67 bits per heavy atom. The number of hydrogen-bond acceptors (Lipinski definition) is 3. The first kappa shape index (κ1) is 15.8. The topological polar surface area (TPSA) is 58.4 Å². The Hall–Kier alpha value is -1.55. The van der Waals surface area contributed by atoms with Crippen molar-refractivity contribution >= 4 is 17.3 Å². The van der Waals surface area contributed by atoms with Gasteiger partial charge in [0.1, 0.15) is 0 Å². The van der Waals surface area contributed by atoms with Gasteiger partial charge in [0.25, 0.3) is 0 Å². The standard InChI is InChI=1S/C17H27N3O/c1-13(2)9-11-20(14-7-8-14)12-10-17(21)19-16-6-4-3-5-15(16)18/h3-6,13-14H,7-12,18H2,1-2H3,(H,19,21). The number of nitrogen functional groups attached to an aromatic ring is 1. The number of hydrogen-bond donors (Lipinski definition) is 2. The van der Waals surface area contributed by atoms with E-state index in [1.165, 1.54) is 19.3 Å². The first-order valence-electron chi connectivity index (χ1n) is 7.94. The molecule has 21 heavy (non-hydrogen) atoms. The zero-order valence-electron chi connectivity index (χ0n) is 13.1. The van der Waals surface area contributed by atoms with Gasteiger partial charge in [-0.05, 0) is 43.9 Å². The molecule has 116 valence electrons. The summed E-state index contributed by atoms with van der Waals surface area (Å²) in [6.45, 7) is 6.44. The van der Waals surface area contributed by atoms with E-state index in [2.05, 4.69) is 24.1 Å². The van der Waals surface area contributed by atoms with E-state index in [0.29, 0.717) is 29.8 Å². The van der Waals surface area contributed by atoms with Gasteiger partial charge < -0.3 is 11.1 Å². The molecule has 3 N–H and O–H groups in total. The SMILES string of the molecule is CC(C)CCN(CCC(=O)Nc1ccccc1N)C1CC1. The summed E-state index contributed by atoms with van der Waals surface area (Å²) in [6.07, 6.45) is 4.30. The normalized spacial score (nSPS) is 14.7. The molecule has 0 bridgehead atoms. The number of amides is 1. The monoisotopic (exact) mass is 289 g/mol. The molecule has 0 aromatic heterocycles. The summed E-state index contributed by atoms with van der Waals surface area (Å²) in [5, 5.41) is 2.90. The van der Waals surface area contributed by atoms with Crippen LogP contribution in [0.5, 0.6) is 0 Å². The average Bonchev–Trinajstić information content (AvgIpc) is 3.25. The molecule has 4 nitrogen and oxygen atoms in total. The third-order valence-corrected chi connectivity index (χ3v) is 3.92. The van der Waals surface area contributed by atoms with Crippen LogP contribution in [0.15, 0.2) is 24.3 Å². The Bertz CT molecular complexity index is 469. The molecule has 0 radical (unpaired) electrons. The van der Waals surface area contributed by atoms with Crippen LogP contribution in [0.3, 0.4) is 0 Å². The van der Waals surface area contributed by atoms with E-state index in [0.717, 1.165) is 13.1 Å². The Labute approximate surface area is 127 Å². The molecule has 1 amide bonds. The molecule has 1 aliphatic carbocycles. The van der Waals surface area contributed by atoms with Gasteiger partial charge in [-0.15, -0.1) is 0 Å². The molecule has 2 rings (SSSR count). The lowest BCUT2D eigenvalue weighted by atomic mass is 10.1. The summed E-state index contributed by atoms with van der Waals surface area (Å²) in [5.74, 6) is 0.757. The van der Waals surface area contributed by atoms with Gasteiger partial charge in [-0.2, -0.15) is 0 Å². The van der Waals surface area contributed by atoms with E-state index in [1.807, 2.05) is 18.2 Å². The maximum absolute atomic E-state index is 12.1. The highest BCUT2D eigenvalue weighted by molar-refractivity contribution is 5.93. The number of nitrogens with zero attached hydrogens (tertiary/aromatic N) is 1. The molecule has 1 fully saturated rings. The number of para-hydroxylation sites is 2. The summed E-state index contributed by atoms with van der Waals surface area (Å²) in [7, 11) is 0. The van der Waals surface area contributed by atoms with Crippen molar-refractivity contribution in [2.75, 3.05) is 24.1 Å². The van der Waals surface area contributed by atoms with E-state index in [1.54, 1.807) is 6.07 Å². The van der Waals surface area contributed by atoms with Gasteiger partial charge in [0, 0.05) is 19.0 Å². The van der Waals surface area contributed by atoms with Crippen molar-refractivity contribution < 1.29 is 4.79 Å². The molecule has 0 heterocycles. The number of nitrogens with one attached hydrogen (secondary N) is 1. The molecule has 1 aromatic carbocycles. The molecule has 1 saturated carbocycles. The van der Waals surface area contributed by atoms with Crippen molar-refractivity contribution in [3.05, 3.63) is 24.3 Å². The van der Waals surface area contributed by atoms with Crippen LogP contribution in [0.2, 0.25) is 0 Å². The molecule has 4 heteroatoms. The number of nitrogens with two attached hydrogens (primary N) is 1. The minimum absolute atomic E-state index is 0.0445. The third kappa shape index (κ3) is 5.38. The number of anilines is 2. The molecule has 0 unspecified atom stereocenters. The molecule has 0 atom stereocenters. The van der Waals surface area contributed by atoms with E-state index >= 15 is 0 Å². The number of carbonyl (C=O) groups is 1. The largest absolute Gasteiger partial charge is 0.397 e. The Morgan fingerprint density at radius 1 is 1.33 bits per heavy atom. The average molecular weight is 289 g/mol. The highest BCUT2D eigenvalue weighted by Gasteiger charge is 2.28. The van der Waals surface area contributed by atoms with Gasteiger partial charge in [0.2, 0.25) is 5.91 Å². The quantitative estimate of drug-likeness (QED) is 0.723. The zero-order valence-corrected chi connectivity index (χ0v) is 13.1. The van der Waals surface area contributed by atoms with Crippen LogP contribution >= 0.6 is 0 Å². The first-order valence-corrected chi connectivity index (χ1v) is 7.94. The molecule has 1 aromatic rings. The second-order valence-corrected chi connectivity index (χ2v) is 6.34. The number of benzene rings is 1. The maximum atomic E-state index is 12.1. The fourth-order valence-corrected chi connectivity index (χ4v) is 2.41. The molecule has 1 aliphatic rings. The van der Waals surface area contributed by atoms with Gasteiger partial charge in [0.15, 0.2) is 0 Å². The Kier molecular flexibility index (Phi) is 5.62. The molecular weight excluding hydrogens is 262 g/mol. The zero-order chi connectivity index (χ0) is 15.2. The minimum atomic E-state index is 0.0445. The fourth-order valence-electron chi connectivity index (χ4n) is 2.41. The van der Waals surface area contributed by atoms with Gasteiger partial charge >= 0.3 is 0 Å². The molecule has 0 aliphatic heterocycles. The summed E-state index contributed by atoms with van der Waals surface area (Å²) >= 11 is 0. The Balaban J connectivity index is 1.77. The first-order chi connectivity index (χ1) is 10.1. The van der Waals surface area contributed by atoms with Crippen molar-refractivity contribution in [3.63, 3.8) is 0 Å². The number of carbonyl (C=O) groups excluding carboxylic acids is 1. The van der Waals surface area contributed by atoms with Crippen molar-refractivity contribution in [2.24, 2.45) is 5.92 Å². The molecular formula is C17H27N3O. The summed E-state index contributed by atoms with van der Waals surface area (Å²) in [5.41, 5.74) is 7.17. The second kappa shape index (κ2) is 7.46. The lowest BCUT2D eigenvalue weighted by Crippen LogP contribution is -2.31. The van der Waals surface area contributed by atoms with Crippen molar-refractivity contribution in [1.29, 1.82) is 0 Å². The molecule has 0 saturated heterocycles. The van der Waals surface area contributed by atoms with Crippen molar-refractivity contribution in [2.45, 2.75) is 45.6 Å². The van der Waals surface area contributed by atoms with Crippen LogP contribution < -0.4 is 11.1 Å². The van der Waals surface area contributed by atoms with Crippen LogP contribution in [0.4, 0.5) is 11.4 Å². The van der Waals surface area contributed by atoms with Crippen molar-refractivity contribution in [1.82, 2.24) is 4.90 Å². The van der Waals surface area contributed by atoms with E-state index in [-0.39, 0.29) is 5.91 Å². The smallest absolute Gasteiger partial charge is 0.225 e. The summed E-state index contributed by atoms with van der Waals surface area (Å²) in [4.78, 5) is 14.5. The van der Waals surface area contributed by atoms with Gasteiger partial charge in [-0.25, -0.2) is 0 Å². The van der Waals surface area contributed by atoms with E-state index in [4.69, 9.17) is 5.73 Å². The minimum Gasteiger partial charge on any atom is -0.397 e. The van der Waals surface area contributed by atoms with Crippen LogP contribution in [0, 0.1) is 5.92 Å². The van der Waals surface area contributed by atoms with E-state index < -0.39 is 0 Å². The van der Waals surface area contributed by atoms with Crippen LogP contribution in [-0.2, 0) is 4.79 Å². The van der Waals surface area contributed by atoms with Crippen LogP contribution in [0.1, 0.15) is 39.5 Å². The highest BCUT2D eigenvalue weighted by Crippen LogP contribution is 2.27. The number of rotatable bonds is 8. The molecule has 0 spiro atoms. The van der Waals surface area contributed by atoms with Crippen LogP contribution in [-0.4, -0.2) is 29.9 Å². The van der Waals surface area contributed by atoms with Gasteiger partial charge in [-0.1, -0.05) is 26.0 Å². The van der Waals surface area contributed by atoms with Gasteiger partial charge in [-0.3, -0.25) is 9.69 Å². The van der Waals surface area contributed by atoms with Gasteiger partial charge in [0.05, 0.1) is 11.4 Å². The third-order valence-electron chi connectivity index (χ3n) is 3.92. The predicted molar refractivity (Wildman–Crippen MR) is 88.2 cm³/mol. The highest BCUT2D eigenvalue weighted by atomic mass is 16.1. The fraction of sp³-hybridized carbons (Fsp3) is 0.588. The predicted octanol–water partition coefficient (Wildman–Crippen LogP) is 3.11. The second-order valence-electron chi connectivity index (χ2n) is 6.34. The lowest BCUT2D eigenvalue weighted by Gasteiger charge is -2.22.